The van der Waals surface area contributed by atoms with Gasteiger partial charge in [0.05, 0.1) is 21.8 Å². The van der Waals surface area contributed by atoms with Crippen LogP contribution >= 0.6 is 0 Å². The van der Waals surface area contributed by atoms with E-state index in [9.17, 15) is 8.42 Å². The first-order valence-corrected chi connectivity index (χ1v) is 12.0. The molecule has 0 aliphatic rings. The molecule has 0 aliphatic carbocycles. The third kappa shape index (κ3) is 4.21. The second-order valence-electron chi connectivity index (χ2n) is 7.74. The predicted octanol–water partition coefficient (Wildman–Crippen LogP) is 6.07. The second kappa shape index (κ2) is 8.48. The van der Waals surface area contributed by atoms with Crippen LogP contribution in [0.25, 0.3) is 33.5 Å². The number of aromatic nitrogens is 2. The first kappa shape index (κ1) is 20.8. The van der Waals surface area contributed by atoms with E-state index < -0.39 is 10.0 Å². The molecule has 0 unspecified atom stereocenters. The van der Waals surface area contributed by atoms with Gasteiger partial charge in [-0.05, 0) is 37.3 Å². The first-order valence-electron chi connectivity index (χ1n) is 10.5. The number of aryl methyl sites for hydroxylation is 1. The maximum Gasteiger partial charge on any atom is 0.261 e. The average Bonchev–Trinajstić information content (AvgIpc) is 2.84. The Hall–Kier alpha value is -4.03. The van der Waals surface area contributed by atoms with E-state index in [-0.39, 0.29) is 4.90 Å². The van der Waals surface area contributed by atoms with Crippen LogP contribution in [-0.2, 0) is 10.0 Å². The zero-order chi connectivity index (χ0) is 22.8. The topological polar surface area (TPSA) is 72.0 Å². The number of nitrogens with one attached hydrogen (secondary N) is 1. The fourth-order valence-corrected chi connectivity index (χ4v) is 4.78. The maximum atomic E-state index is 13.0. The Kier molecular flexibility index (Phi) is 5.36. The van der Waals surface area contributed by atoms with Crippen LogP contribution in [0.15, 0.2) is 108 Å². The van der Waals surface area contributed by atoms with Gasteiger partial charge in [-0.15, -0.1) is 0 Å². The number of hydrogen-bond donors (Lipinski definition) is 1. The van der Waals surface area contributed by atoms with Gasteiger partial charge in [-0.3, -0.25) is 4.72 Å². The number of sulfonamides is 1. The Morgan fingerprint density at radius 3 is 2.15 bits per heavy atom. The van der Waals surface area contributed by atoms with Crippen molar-refractivity contribution in [3.05, 3.63) is 109 Å². The molecule has 0 atom stereocenters. The van der Waals surface area contributed by atoms with Crippen molar-refractivity contribution in [2.24, 2.45) is 0 Å². The van der Waals surface area contributed by atoms with Crippen molar-refractivity contribution >= 4 is 26.6 Å². The minimum absolute atomic E-state index is 0.201. The standard InChI is InChI=1S/C27H21N3O2S/c1-19-15-17-21(18-16-19)33(31,32)30-25-14-8-6-12-23(25)27-28-24-13-7-5-11-22(24)26(29-27)20-9-3-2-4-10-20/h2-18,30H,1H3. The van der Waals surface area contributed by atoms with Crippen molar-refractivity contribution in [2.45, 2.75) is 11.8 Å². The van der Waals surface area contributed by atoms with E-state index in [0.29, 0.717) is 17.1 Å². The molecule has 0 bridgehead atoms. The Bertz CT molecular complexity index is 1550. The molecule has 0 amide bonds. The van der Waals surface area contributed by atoms with Crippen molar-refractivity contribution < 1.29 is 8.42 Å². The van der Waals surface area contributed by atoms with Crippen LogP contribution in [0.2, 0.25) is 0 Å². The zero-order valence-electron chi connectivity index (χ0n) is 17.9. The van der Waals surface area contributed by atoms with Gasteiger partial charge in [-0.25, -0.2) is 18.4 Å². The summed E-state index contributed by atoms with van der Waals surface area (Å²) in [5.74, 6) is 0.453. The number of benzene rings is 4. The molecular formula is C27H21N3O2S. The molecule has 0 aliphatic heterocycles. The molecule has 162 valence electrons. The van der Waals surface area contributed by atoms with Crippen LogP contribution in [0.4, 0.5) is 5.69 Å². The number of anilines is 1. The summed E-state index contributed by atoms with van der Waals surface area (Å²) in [4.78, 5) is 9.83. The lowest BCUT2D eigenvalue weighted by Gasteiger charge is -2.14. The van der Waals surface area contributed by atoms with Gasteiger partial charge in [0.1, 0.15) is 0 Å². The summed E-state index contributed by atoms with van der Waals surface area (Å²) in [7, 11) is -3.77. The molecule has 1 N–H and O–H groups in total. The Balaban J connectivity index is 1.64. The van der Waals surface area contributed by atoms with Crippen LogP contribution in [-0.4, -0.2) is 18.4 Å². The highest BCUT2D eigenvalue weighted by atomic mass is 32.2. The summed E-state index contributed by atoms with van der Waals surface area (Å²) in [6, 6.07) is 31.7. The molecule has 1 heterocycles. The summed E-state index contributed by atoms with van der Waals surface area (Å²) < 4.78 is 28.8. The lowest BCUT2D eigenvalue weighted by Crippen LogP contribution is -2.14. The van der Waals surface area contributed by atoms with Crippen LogP contribution in [0.1, 0.15) is 5.56 Å². The third-order valence-corrected chi connectivity index (χ3v) is 6.78. The van der Waals surface area contributed by atoms with Crippen molar-refractivity contribution in [3.63, 3.8) is 0 Å². The van der Waals surface area contributed by atoms with E-state index in [2.05, 4.69) is 4.72 Å². The van der Waals surface area contributed by atoms with Gasteiger partial charge in [-0.2, -0.15) is 0 Å². The van der Waals surface area contributed by atoms with Gasteiger partial charge >= 0.3 is 0 Å². The minimum atomic E-state index is -3.77. The van der Waals surface area contributed by atoms with Crippen LogP contribution in [0.5, 0.6) is 0 Å². The van der Waals surface area contributed by atoms with Gasteiger partial charge in [-0.1, -0.05) is 78.4 Å². The van der Waals surface area contributed by atoms with Gasteiger partial charge in [0, 0.05) is 16.5 Å². The van der Waals surface area contributed by atoms with E-state index in [1.807, 2.05) is 73.7 Å². The van der Waals surface area contributed by atoms with E-state index in [1.54, 1.807) is 36.4 Å². The molecular weight excluding hydrogens is 430 g/mol. The SMILES string of the molecule is Cc1ccc(S(=O)(=O)Nc2ccccc2-c2nc(-c3ccccc3)c3ccccc3n2)cc1. The summed E-state index contributed by atoms with van der Waals surface area (Å²) >= 11 is 0. The van der Waals surface area contributed by atoms with Crippen LogP contribution < -0.4 is 4.72 Å². The summed E-state index contributed by atoms with van der Waals surface area (Å²) in [6.45, 7) is 1.92. The lowest BCUT2D eigenvalue weighted by atomic mass is 10.1. The molecule has 6 heteroatoms. The van der Waals surface area contributed by atoms with Crippen molar-refractivity contribution in [1.82, 2.24) is 9.97 Å². The van der Waals surface area contributed by atoms with E-state index in [0.717, 1.165) is 27.7 Å². The highest BCUT2D eigenvalue weighted by molar-refractivity contribution is 7.92. The van der Waals surface area contributed by atoms with Crippen LogP contribution in [0.3, 0.4) is 0 Å². The van der Waals surface area contributed by atoms with Crippen molar-refractivity contribution in [2.75, 3.05) is 4.72 Å². The normalized spacial score (nSPS) is 11.4. The van der Waals surface area contributed by atoms with E-state index in [4.69, 9.17) is 9.97 Å². The van der Waals surface area contributed by atoms with Gasteiger partial charge < -0.3 is 0 Å². The third-order valence-electron chi connectivity index (χ3n) is 5.39. The van der Waals surface area contributed by atoms with E-state index >= 15 is 0 Å². The average molecular weight is 452 g/mol. The molecule has 0 fully saturated rings. The van der Waals surface area contributed by atoms with Crippen LogP contribution in [0, 0.1) is 6.92 Å². The number of para-hydroxylation sites is 2. The Morgan fingerprint density at radius 1 is 0.697 bits per heavy atom. The quantitative estimate of drug-likeness (QED) is 0.352. The number of hydrogen-bond acceptors (Lipinski definition) is 4. The molecule has 33 heavy (non-hydrogen) atoms. The number of fused-ring (bicyclic) bond motifs is 1. The number of nitrogens with zero attached hydrogens (tertiary/aromatic N) is 2. The molecule has 0 spiro atoms. The van der Waals surface area contributed by atoms with Gasteiger partial charge in [0.2, 0.25) is 0 Å². The number of rotatable bonds is 5. The Labute approximate surface area is 192 Å². The summed E-state index contributed by atoms with van der Waals surface area (Å²) in [5.41, 5.74) is 4.58. The monoisotopic (exact) mass is 451 g/mol. The zero-order valence-corrected chi connectivity index (χ0v) is 18.8. The van der Waals surface area contributed by atoms with E-state index in [1.165, 1.54) is 0 Å². The predicted molar refractivity (Wildman–Crippen MR) is 132 cm³/mol. The first-order chi connectivity index (χ1) is 16.0. The smallest absolute Gasteiger partial charge is 0.261 e. The van der Waals surface area contributed by atoms with Crippen molar-refractivity contribution in [3.8, 4) is 22.6 Å². The molecule has 4 aromatic carbocycles. The summed E-state index contributed by atoms with van der Waals surface area (Å²) in [5, 5.41) is 0.935. The van der Waals surface area contributed by atoms with Gasteiger partial charge in [0.15, 0.2) is 5.82 Å². The molecule has 0 saturated carbocycles. The molecule has 1 aromatic heterocycles. The fraction of sp³-hybridized carbons (Fsp3) is 0.0370. The molecule has 0 radical (unpaired) electrons. The largest absolute Gasteiger partial charge is 0.279 e. The van der Waals surface area contributed by atoms with Gasteiger partial charge in [0.25, 0.3) is 10.0 Å². The highest BCUT2D eigenvalue weighted by Crippen LogP contribution is 2.32. The molecule has 5 aromatic rings. The molecule has 5 rings (SSSR count). The molecule has 0 saturated heterocycles. The lowest BCUT2D eigenvalue weighted by molar-refractivity contribution is 0.601. The maximum absolute atomic E-state index is 13.0. The minimum Gasteiger partial charge on any atom is -0.279 e. The fourth-order valence-electron chi connectivity index (χ4n) is 3.70. The highest BCUT2D eigenvalue weighted by Gasteiger charge is 2.18. The molecule has 5 nitrogen and oxygen atoms in total. The second-order valence-corrected chi connectivity index (χ2v) is 9.43. The summed E-state index contributed by atoms with van der Waals surface area (Å²) in [6.07, 6.45) is 0. The Morgan fingerprint density at radius 2 is 1.36 bits per heavy atom. The van der Waals surface area contributed by atoms with Crippen molar-refractivity contribution in [1.29, 1.82) is 0 Å².